The van der Waals surface area contributed by atoms with E-state index in [1.54, 1.807) is 7.11 Å². The molecular formula is C13H18N2O. The van der Waals surface area contributed by atoms with Gasteiger partial charge in [0, 0.05) is 6.04 Å². The highest BCUT2D eigenvalue weighted by molar-refractivity contribution is 5.33. The van der Waals surface area contributed by atoms with Crippen molar-refractivity contribution in [2.45, 2.75) is 19.4 Å². The first-order valence-corrected chi connectivity index (χ1v) is 5.38. The molecule has 0 aliphatic heterocycles. The third-order valence-corrected chi connectivity index (χ3v) is 2.78. The number of methoxy groups -OCH3 is 1. The van der Waals surface area contributed by atoms with Crippen molar-refractivity contribution in [3.05, 3.63) is 29.8 Å². The second-order valence-electron chi connectivity index (χ2n) is 3.94. The number of likely N-dealkylation sites (N-methyl/N-ethyl adjacent to an activating group) is 1. The quantitative estimate of drug-likeness (QED) is 0.710. The average Bonchev–Trinajstić information content (AvgIpc) is 2.30. The molecule has 1 rings (SSSR count). The van der Waals surface area contributed by atoms with Crippen LogP contribution in [0.1, 0.15) is 12.5 Å². The molecule has 3 heteroatoms. The van der Waals surface area contributed by atoms with Crippen LogP contribution in [0.5, 0.6) is 5.75 Å². The van der Waals surface area contributed by atoms with Crippen molar-refractivity contribution in [3.8, 4) is 11.8 Å². The number of hydrogen-bond acceptors (Lipinski definition) is 3. The minimum absolute atomic E-state index is 0.330. The highest BCUT2D eigenvalue weighted by atomic mass is 16.5. The van der Waals surface area contributed by atoms with E-state index < -0.39 is 0 Å². The Morgan fingerprint density at radius 3 is 2.75 bits per heavy atom. The van der Waals surface area contributed by atoms with Gasteiger partial charge in [-0.2, -0.15) is 5.26 Å². The van der Waals surface area contributed by atoms with E-state index in [0.29, 0.717) is 12.6 Å². The van der Waals surface area contributed by atoms with E-state index >= 15 is 0 Å². The summed E-state index contributed by atoms with van der Waals surface area (Å²) in [6.07, 6.45) is 0.891. The highest BCUT2D eigenvalue weighted by Gasteiger charge is 2.11. The summed E-state index contributed by atoms with van der Waals surface area (Å²) in [5, 5.41) is 8.64. The van der Waals surface area contributed by atoms with Gasteiger partial charge < -0.3 is 4.74 Å². The Kier molecular flexibility index (Phi) is 4.81. The summed E-state index contributed by atoms with van der Waals surface area (Å²) >= 11 is 0. The molecule has 0 radical (unpaired) electrons. The Morgan fingerprint density at radius 1 is 1.44 bits per heavy atom. The van der Waals surface area contributed by atoms with Crippen LogP contribution in [-0.4, -0.2) is 31.6 Å². The number of para-hydroxylation sites is 1. The van der Waals surface area contributed by atoms with Crippen molar-refractivity contribution in [2.75, 3.05) is 20.7 Å². The van der Waals surface area contributed by atoms with Crippen molar-refractivity contribution >= 4 is 0 Å². The van der Waals surface area contributed by atoms with Crippen LogP contribution < -0.4 is 4.74 Å². The zero-order valence-electron chi connectivity index (χ0n) is 10.1. The maximum absolute atomic E-state index is 8.64. The van der Waals surface area contributed by atoms with E-state index in [-0.39, 0.29) is 0 Å². The normalized spacial score (nSPS) is 12.2. The molecule has 86 valence electrons. The van der Waals surface area contributed by atoms with Gasteiger partial charge in [0.1, 0.15) is 5.75 Å². The fourth-order valence-corrected chi connectivity index (χ4v) is 1.61. The number of ether oxygens (including phenoxy) is 1. The third-order valence-electron chi connectivity index (χ3n) is 2.78. The molecule has 0 aliphatic rings. The first kappa shape index (κ1) is 12.5. The lowest BCUT2D eigenvalue weighted by Gasteiger charge is -2.22. The zero-order valence-corrected chi connectivity index (χ0v) is 10.1. The van der Waals surface area contributed by atoms with E-state index in [4.69, 9.17) is 10.00 Å². The fraction of sp³-hybridized carbons (Fsp3) is 0.462. The topological polar surface area (TPSA) is 36.3 Å². The van der Waals surface area contributed by atoms with Gasteiger partial charge in [-0.15, -0.1) is 0 Å². The molecule has 0 fully saturated rings. The van der Waals surface area contributed by atoms with E-state index in [2.05, 4.69) is 19.1 Å². The van der Waals surface area contributed by atoms with Gasteiger partial charge in [0.2, 0.25) is 0 Å². The summed E-state index contributed by atoms with van der Waals surface area (Å²) in [6, 6.07) is 10.5. The molecule has 0 aliphatic carbocycles. The standard InChI is InChI=1S/C13H18N2O/c1-11(15(2)9-8-14)10-12-6-4-5-7-13(12)16-3/h4-7,11H,9-10H2,1-3H3/t11-/m1/s1. The SMILES string of the molecule is COc1ccccc1C[C@@H](C)N(C)CC#N. The van der Waals surface area contributed by atoms with Gasteiger partial charge in [-0.3, -0.25) is 4.90 Å². The Balaban J connectivity index is 2.69. The summed E-state index contributed by atoms with van der Waals surface area (Å²) in [7, 11) is 3.64. The second kappa shape index (κ2) is 6.14. The van der Waals surface area contributed by atoms with Crippen LogP contribution in [0.2, 0.25) is 0 Å². The largest absolute Gasteiger partial charge is 0.496 e. The van der Waals surface area contributed by atoms with Crippen molar-refractivity contribution in [2.24, 2.45) is 0 Å². The van der Waals surface area contributed by atoms with E-state index in [1.165, 1.54) is 5.56 Å². The Hall–Kier alpha value is -1.53. The molecule has 0 amide bonds. The van der Waals surface area contributed by atoms with Crippen LogP contribution >= 0.6 is 0 Å². The maximum Gasteiger partial charge on any atom is 0.122 e. The minimum atomic E-state index is 0.330. The first-order valence-electron chi connectivity index (χ1n) is 5.38. The molecular weight excluding hydrogens is 200 g/mol. The van der Waals surface area contributed by atoms with Gasteiger partial charge in [0.15, 0.2) is 0 Å². The first-order chi connectivity index (χ1) is 7.69. The van der Waals surface area contributed by atoms with E-state index in [1.807, 2.05) is 30.1 Å². The molecule has 0 bridgehead atoms. The Labute approximate surface area is 97.3 Å². The predicted molar refractivity (Wildman–Crippen MR) is 64.4 cm³/mol. The van der Waals surface area contributed by atoms with Gasteiger partial charge in [-0.05, 0) is 32.0 Å². The van der Waals surface area contributed by atoms with Crippen molar-refractivity contribution < 1.29 is 4.74 Å². The minimum Gasteiger partial charge on any atom is -0.496 e. The summed E-state index contributed by atoms with van der Waals surface area (Å²) in [5.41, 5.74) is 1.18. The lowest BCUT2D eigenvalue weighted by Crippen LogP contribution is -2.31. The van der Waals surface area contributed by atoms with E-state index in [0.717, 1.165) is 12.2 Å². The number of benzene rings is 1. The predicted octanol–water partition coefficient (Wildman–Crippen LogP) is 2.08. The zero-order chi connectivity index (χ0) is 12.0. The molecule has 0 aromatic heterocycles. The lowest BCUT2D eigenvalue weighted by atomic mass is 10.1. The molecule has 1 aromatic rings. The van der Waals surface area contributed by atoms with Crippen LogP contribution in [-0.2, 0) is 6.42 Å². The van der Waals surface area contributed by atoms with Crippen LogP contribution in [0.25, 0.3) is 0 Å². The summed E-state index contributed by atoms with van der Waals surface area (Å²) in [5.74, 6) is 0.916. The van der Waals surface area contributed by atoms with E-state index in [9.17, 15) is 0 Å². The van der Waals surface area contributed by atoms with Crippen molar-refractivity contribution in [3.63, 3.8) is 0 Å². The number of hydrogen-bond donors (Lipinski definition) is 0. The van der Waals surface area contributed by atoms with Crippen LogP contribution in [0.4, 0.5) is 0 Å². The second-order valence-corrected chi connectivity index (χ2v) is 3.94. The maximum atomic E-state index is 8.64. The molecule has 3 nitrogen and oxygen atoms in total. The van der Waals surface area contributed by atoms with Gasteiger partial charge in [-0.25, -0.2) is 0 Å². The number of nitrogens with zero attached hydrogens (tertiary/aromatic N) is 2. The summed E-state index contributed by atoms with van der Waals surface area (Å²) in [6.45, 7) is 2.57. The summed E-state index contributed by atoms with van der Waals surface area (Å²) in [4.78, 5) is 2.03. The molecule has 1 atom stereocenters. The molecule has 0 saturated heterocycles. The molecule has 0 N–H and O–H groups in total. The highest BCUT2D eigenvalue weighted by Crippen LogP contribution is 2.19. The van der Waals surface area contributed by atoms with Crippen molar-refractivity contribution in [1.82, 2.24) is 4.90 Å². The molecule has 0 saturated carbocycles. The number of nitriles is 1. The molecule has 16 heavy (non-hydrogen) atoms. The van der Waals surface area contributed by atoms with Gasteiger partial charge >= 0.3 is 0 Å². The van der Waals surface area contributed by atoms with Crippen LogP contribution in [0, 0.1) is 11.3 Å². The van der Waals surface area contributed by atoms with Gasteiger partial charge in [0.25, 0.3) is 0 Å². The van der Waals surface area contributed by atoms with Crippen LogP contribution in [0.3, 0.4) is 0 Å². The smallest absolute Gasteiger partial charge is 0.122 e. The third kappa shape index (κ3) is 3.25. The molecule has 0 spiro atoms. The average molecular weight is 218 g/mol. The van der Waals surface area contributed by atoms with Gasteiger partial charge in [0.05, 0.1) is 19.7 Å². The Bertz CT molecular complexity index is 370. The van der Waals surface area contributed by atoms with Crippen LogP contribution in [0.15, 0.2) is 24.3 Å². The summed E-state index contributed by atoms with van der Waals surface area (Å²) < 4.78 is 5.30. The lowest BCUT2D eigenvalue weighted by molar-refractivity contribution is 0.283. The molecule has 1 aromatic carbocycles. The van der Waals surface area contributed by atoms with Crippen molar-refractivity contribution in [1.29, 1.82) is 5.26 Å². The Morgan fingerprint density at radius 2 is 2.12 bits per heavy atom. The van der Waals surface area contributed by atoms with Gasteiger partial charge in [-0.1, -0.05) is 18.2 Å². The molecule has 0 heterocycles. The monoisotopic (exact) mass is 218 g/mol. The fourth-order valence-electron chi connectivity index (χ4n) is 1.61. The number of rotatable bonds is 5. The molecule has 0 unspecified atom stereocenters.